The van der Waals surface area contributed by atoms with Crippen LogP contribution in [0.3, 0.4) is 0 Å². The van der Waals surface area contributed by atoms with E-state index < -0.39 is 16.0 Å². The molecule has 0 spiro atoms. The third-order valence-electron chi connectivity index (χ3n) is 3.81. The molecule has 0 bridgehead atoms. The Bertz CT molecular complexity index is 838. The second-order valence-corrected chi connectivity index (χ2v) is 8.41. The van der Waals surface area contributed by atoms with E-state index in [9.17, 15) is 13.2 Å². The summed E-state index contributed by atoms with van der Waals surface area (Å²) in [6, 6.07) is 8.02. The summed E-state index contributed by atoms with van der Waals surface area (Å²) in [4.78, 5) is 10.9. The van der Waals surface area contributed by atoms with Crippen molar-refractivity contribution in [2.75, 3.05) is 4.72 Å². The minimum atomic E-state index is -3.86. The van der Waals surface area contributed by atoms with Gasteiger partial charge in [-0.1, -0.05) is 12.1 Å². The van der Waals surface area contributed by atoms with E-state index in [2.05, 4.69) is 4.72 Å². The molecule has 128 valence electrons. The quantitative estimate of drug-likeness (QED) is 0.814. The van der Waals surface area contributed by atoms with E-state index in [1.165, 1.54) is 5.38 Å². The lowest BCUT2D eigenvalue weighted by molar-refractivity contribution is 0.0697. The van der Waals surface area contributed by atoms with Crippen molar-refractivity contribution in [1.82, 2.24) is 0 Å². The fourth-order valence-corrected chi connectivity index (χ4v) is 4.83. The van der Waals surface area contributed by atoms with Crippen molar-refractivity contribution in [3.8, 4) is 5.75 Å². The summed E-state index contributed by atoms with van der Waals surface area (Å²) >= 11 is 0.871. The molecule has 1 aromatic heterocycles. The standard InChI is InChI=1S/C16H17NO5S2/c18-16(19)11-9-15(23-10-11)24(20,21)17-13-7-3-4-8-14(13)22-12-5-1-2-6-12/h3-4,7-10,12,17H,1-2,5-6H2,(H,18,19). The number of hydrogen-bond donors (Lipinski definition) is 2. The van der Waals surface area contributed by atoms with Gasteiger partial charge in [-0.25, -0.2) is 13.2 Å². The van der Waals surface area contributed by atoms with Crippen LogP contribution in [0.5, 0.6) is 5.75 Å². The fourth-order valence-electron chi connectivity index (χ4n) is 2.60. The zero-order chi connectivity index (χ0) is 17.2. The van der Waals surface area contributed by atoms with Gasteiger partial charge in [-0.05, 0) is 43.9 Å². The van der Waals surface area contributed by atoms with Gasteiger partial charge in [0.2, 0.25) is 0 Å². The summed E-state index contributed by atoms with van der Waals surface area (Å²) in [6.07, 6.45) is 4.27. The molecule has 0 aliphatic heterocycles. The summed E-state index contributed by atoms with van der Waals surface area (Å²) in [5.74, 6) is -0.666. The highest BCUT2D eigenvalue weighted by Crippen LogP contribution is 2.32. The van der Waals surface area contributed by atoms with Crippen molar-refractivity contribution in [2.24, 2.45) is 0 Å². The molecule has 1 fully saturated rings. The summed E-state index contributed by atoms with van der Waals surface area (Å²) < 4.78 is 33.3. The second-order valence-electron chi connectivity index (χ2n) is 5.59. The maximum absolute atomic E-state index is 12.5. The maximum Gasteiger partial charge on any atom is 0.336 e. The van der Waals surface area contributed by atoms with Crippen LogP contribution < -0.4 is 9.46 Å². The number of anilines is 1. The number of carboxylic acid groups (broad SMARTS) is 1. The van der Waals surface area contributed by atoms with Crippen LogP contribution in [-0.2, 0) is 10.0 Å². The van der Waals surface area contributed by atoms with Gasteiger partial charge in [0, 0.05) is 5.38 Å². The van der Waals surface area contributed by atoms with Crippen LogP contribution in [0.15, 0.2) is 39.9 Å². The lowest BCUT2D eigenvalue weighted by atomic mass is 10.2. The van der Waals surface area contributed by atoms with Crippen LogP contribution in [0, 0.1) is 0 Å². The first-order chi connectivity index (χ1) is 11.5. The Balaban J connectivity index is 1.82. The number of benzene rings is 1. The zero-order valence-electron chi connectivity index (χ0n) is 12.8. The molecule has 0 amide bonds. The third kappa shape index (κ3) is 3.70. The predicted molar refractivity (Wildman–Crippen MR) is 91.4 cm³/mol. The first kappa shape index (κ1) is 16.8. The second kappa shape index (κ2) is 6.82. The first-order valence-corrected chi connectivity index (χ1v) is 9.92. The number of sulfonamides is 1. The normalized spacial score (nSPS) is 15.3. The number of hydrogen-bond acceptors (Lipinski definition) is 5. The van der Waals surface area contributed by atoms with Gasteiger partial charge in [-0.3, -0.25) is 4.72 Å². The molecular formula is C16H17NO5S2. The van der Waals surface area contributed by atoms with E-state index in [0.29, 0.717) is 11.4 Å². The van der Waals surface area contributed by atoms with E-state index in [4.69, 9.17) is 9.84 Å². The van der Waals surface area contributed by atoms with Gasteiger partial charge in [-0.2, -0.15) is 0 Å². The van der Waals surface area contributed by atoms with E-state index in [1.807, 2.05) is 0 Å². The molecule has 0 radical (unpaired) electrons. The molecule has 2 N–H and O–H groups in total. The number of nitrogens with one attached hydrogen (secondary N) is 1. The van der Waals surface area contributed by atoms with Crippen molar-refractivity contribution < 1.29 is 23.1 Å². The highest BCUT2D eigenvalue weighted by Gasteiger charge is 2.22. The molecule has 0 atom stereocenters. The number of carbonyl (C=O) groups is 1. The van der Waals surface area contributed by atoms with E-state index >= 15 is 0 Å². The first-order valence-electron chi connectivity index (χ1n) is 7.56. The molecule has 8 heteroatoms. The van der Waals surface area contributed by atoms with Crippen LogP contribution in [0.2, 0.25) is 0 Å². The largest absolute Gasteiger partial charge is 0.488 e. The van der Waals surface area contributed by atoms with E-state index in [1.54, 1.807) is 24.3 Å². The van der Waals surface area contributed by atoms with Gasteiger partial charge in [0.25, 0.3) is 10.0 Å². The Hall–Kier alpha value is -2.06. The molecule has 1 aliphatic carbocycles. The Labute approximate surface area is 144 Å². The van der Waals surface area contributed by atoms with Gasteiger partial charge in [-0.15, -0.1) is 11.3 Å². The smallest absolute Gasteiger partial charge is 0.336 e. The lowest BCUT2D eigenvalue weighted by Gasteiger charge is -2.17. The van der Waals surface area contributed by atoms with Crippen molar-refractivity contribution in [2.45, 2.75) is 36.0 Å². The molecule has 3 rings (SSSR count). The maximum atomic E-state index is 12.5. The van der Waals surface area contributed by atoms with Crippen molar-refractivity contribution in [3.63, 3.8) is 0 Å². The summed E-state index contributed by atoms with van der Waals surface area (Å²) in [6.45, 7) is 0. The molecular weight excluding hydrogens is 350 g/mol. The van der Waals surface area contributed by atoms with Crippen molar-refractivity contribution in [1.29, 1.82) is 0 Å². The number of thiophene rings is 1. The van der Waals surface area contributed by atoms with Crippen molar-refractivity contribution in [3.05, 3.63) is 41.3 Å². The van der Waals surface area contributed by atoms with Gasteiger partial charge < -0.3 is 9.84 Å². The fraction of sp³-hybridized carbons (Fsp3) is 0.312. The van der Waals surface area contributed by atoms with Crippen LogP contribution in [0.1, 0.15) is 36.0 Å². The van der Waals surface area contributed by atoms with Gasteiger partial charge in [0.1, 0.15) is 9.96 Å². The average molecular weight is 367 g/mol. The number of aromatic carboxylic acids is 1. The lowest BCUT2D eigenvalue weighted by Crippen LogP contribution is -2.15. The summed E-state index contributed by atoms with van der Waals surface area (Å²) in [5.41, 5.74) is 0.311. The minimum Gasteiger partial charge on any atom is -0.488 e. The molecule has 1 saturated carbocycles. The molecule has 2 aromatic rings. The Morgan fingerprint density at radius 2 is 1.96 bits per heavy atom. The van der Waals surface area contributed by atoms with E-state index in [-0.39, 0.29) is 15.9 Å². The molecule has 0 saturated heterocycles. The minimum absolute atomic E-state index is 0.0455. The van der Waals surface area contributed by atoms with E-state index in [0.717, 1.165) is 43.1 Å². The van der Waals surface area contributed by atoms with Gasteiger partial charge >= 0.3 is 5.97 Å². The summed E-state index contributed by atoms with van der Waals surface area (Å²) in [7, 11) is -3.86. The molecule has 1 aromatic carbocycles. The molecule has 24 heavy (non-hydrogen) atoms. The Kier molecular flexibility index (Phi) is 4.77. The number of para-hydroxylation sites is 2. The van der Waals surface area contributed by atoms with Crippen LogP contribution in [0.25, 0.3) is 0 Å². The molecule has 6 nitrogen and oxygen atoms in total. The molecule has 0 unspecified atom stereocenters. The Morgan fingerprint density at radius 1 is 1.25 bits per heavy atom. The van der Waals surface area contributed by atoms with Crippen LogP contribution in [0.4, 0.5) is 5.69 Å². The number of rotatable bonds is 6. The highest BCUT2D eigenvalue weighted by atomic mass is 32.2. The number of ether oxygens (including phenoxy) is 1. The third-order valence-corrected chi connectivity index (χ3v) is 6.62. The highest BCUT2D eigenvalue weighted by molar-refractivity contribution is 7.94. The molecule has 1 aliphatic rings. The van der Waals surface area contributed by atoms with Gasteiger partial charge in [0.05, 0.1) is 17.4 Å². The number of carboxylic acids is 1. The van der Waals surface area contributed by atoms with Gasteiger partial charge in [0.15, 0.2) is 0 Å². The molecule has 1 heterocycles. The van der Waals surface area contributed by atoms with Crippen LogP contribution in [-0.4, -0.2) is 25.6 Å². The predicted octanol–water partition coefficient (Wildman–Crippen LogP) is 3.57. The Morgan fingerprint density at radius 3 is 2.62 bits per heavy atom. The monoisotopic (exact) mass is 367 g/mol. The van der Waals surface area contributed by atoms with Crippen molar-refractivity contribution >= 4 is 33.0 Å². The zero-order valence-corrected chi connectivity index (χ0v) is 14.4. The average Bonchev–Trinajstić information content (AvgIpc) is 3.20. The van der Waals surface area contributed by atoms with Crippen LogP contribution >= 0.6 is 11.3 Å². The SMILES string of the molecule is O=C(O)c1csc(S(=O)(=O)Nc2ccccc2OC2CCCC2)c1. The topological polar surface area (TPSA) is 92.7 Å². The summed E-state index contributed by atoms with van der Waals surface area (Å²) in [5, 5.41) is 10.2.